The first-order valence-corrected chi connectivity index (χ1v) is 13.7. The molecule has 2 heterocycles. The minimum Gasteiger partial charge on any atom is -0.497 e. The van der Waals surface area contributed by atoms with Crippen LogP contribution in [0.15, 0.2) is 95.9 Å². The van der Waals surface area contributed by atoms with Crippen LogP contribution < -0.4 is 15.2 Å². The maximum atomic E-state index is 11.9. The maximum absolute atomic E-state index is 11.9. The number of rotatable bonds is 6. The number of methoxy groups -OCH3 is 1. The second-order valence-electron chi connectivity index (χ2n) is 9.11. The van der Waals surface area contributed by atoms with Gasteiger partial charge in [0, 0.05) is 22.0 Å². The van der Waals surface area contributed by atoms with Gasteiger partial charge in [-0.1, -0.05) is 42.5 Å². The van der Waals surface area contributed by atoms with E-state index in [4.69, 9.17) is 15.0 Å². The van der Waals surface area contributed by atoms with Gasteiger partial charge < -0.3 is 10.1 Å². The number of fused-ring (bicyclic) bond motifs is 3. The van der Waals surface area contributed by atoms with Crippen molar-refractivity contribution in [2.24, 2.45) is 5.14 Å². The van der Waals surface area contributed by atoms with Crippen molar-refractivity contribution in [2.75, 3.05) is 12.4 Å². The summed E-state index contributed by atoms with van der Waals surface area (Å²) in [6.45, 7) is 1.93. The van der Waals surface area contributed by atoms with Gasteiger partial charge in [-0.3, -0.25) is 0 Å². The lowest BCUT2D eigenvalue weighted by Crippen LogP contribution is -2.12. The topological polar surface area (TPSA) is 124 Å². The third kappa shape index (κ3) is 4.56. The molecule has 0 atom stereocenters. The Morgan fingerprint density at radius 3 is 2.23 bits per heavy atom. The number of ether oxygens (including phenoxy) is 1. The van der Waals surface area contributed by atoms with E-state index in [2.05, 4.69) is 15.5 Å². The lowest BCUT2D eigenvalue weighted by Gasteiger charge is -2.12. The molecule has 10 heteroatoms. The lowest BCUT2D eigenvalue weighted by molar-refractivity contribution is 0.415. The number of anilines is 2. The molecule has 194 valence electrons. The molecule has 0 saturated carbocycles. The summed E-state index contributed by atoms with van der Waals surface area (Å²) in [5, 5.41) is 24.3. The van der Waals surface area contributed by atoms with Crippen molar-refractivity contribution < 1.29 is 13.2 Å². The Hall–Kier alpha value is -4.80. The van der Waals surface area contributed by atoms with E-state index in [0.29, 0.717) is 17.3 Å². The molecule has 4 aromatic carbocycles. The van der Waals surface area contributed by atoms with E-state index in [1.807, 2.05) is 79.7 Å². The van der Waals surface area contributed by atoms with Gasteiger partial charge in [-0.15, -0.1) is 15.3 Å². The fourth-order valence-corrected chi connectivity index (χ4v) is 5.09. The molecule has 0 unspecified atom stereocenters. The standard InChI is InChI=1S/C29H24N6O3S/c1-18-7-16-23(39(30,36)37)17-26(18)19-8-12-21(13-9-19)31-27-24-5-3-4-6-25(24)29-33-32-28(35(29)34-27)20-10-14-22(38-2)15-11-20/h3-17H,1-2H3,(H,31,34)(H2,30,36,37). The fraction of sp³-hybridized carbons (Fsp3) is 0.0690. The monoisotopic (exact) mass is 536 g/mol. The maximum Gasteiger partial charge on any atom is 0.238 e. The highest BCUT2D eigenvalue weighted by Gasteiger charge is 2.16. The van der Waals surface area contributed by atoms with Crippen LogP contribution in [-0.2, 0) is 10.0 Å². The number of hydrogen-bond acceptors (Lipinski definition) is 7. The van der Waals surface area contributed by atoms with Gasteiger partial charge >= 0.3 is 0 Å². The summed E-state index contributed by atoms with van der Waals surface area (Å²) in [6, 6.07) is 28.1. The number of nitrogens with zero attached hydrogens (tertiary/aromatic N) is 4. The van der Waals surface area contributed by atoms with Crippen LogP contribution in [0.4, 0.5) is 11.5 Å². The van der Waals surface area contributed by atoms with Crippen LogP contribution >= 0.6 is 0 Å². The number of nitrogens with one attached hydrogen (secondary N) is 1. The molecule has 3 N–H and O–H groups in total. The number of nitrogens with two attached hydrogens (primary N) is 1. The first-order chi connectivity index (χ1) is 18.8. The van der Waals surface area contributed by atoms with Crippen LogP contribution in [0.2, 0.25) is 0 Å². The normalized spacial score (nSPS) is 11.7. The van der Waals surface area contributed by atoms with Crippen molar-refractivity contribution in [3.63, 3.8) is 0 Å². The third-order valence-electron chi connectivity index (χ3n) is 6.61. The first kappa shape index (κ1) is 24.5. The van der Waals surface area contributed by atoms with E-state index < -0.39 is 10.0 Å². The van der Waals surface area contributed by atoms with Gasteiger partial charge in [0.15, 0.2) is 17.3 Å². The van der Waals surface area contributed by atoms with Crippen LogP contribution in [0.3, 0.4) is 0 Å². The van der Waals surface area contributed by atoms with Gasteiger partial charge in [-0.2, -0.15) is 4.52 Å². The summed E-state index contributed by atoms with van der Waals surface area (Å²) in [4.78, 5) is 0.0795. The van der Waals surface area contributed by atoms with E-state index >= 15 is 0 Å². The molecule has 0 saturated heterocycles. The van der Waals surface area contributed by atoms with Crippen molar-refractivity contribution in [1.82, 2.24) is 19.8 Å². The Labute approximate surface area is 224 Å². The summed E-state index contributed by atoms with van der Waals surface area (Å²) in [5.41, 5.74) is 4.94. The number of benzene rings is 4. The molecule has 0 radical (unpaired) electrons. The third-order valence-corrected chi connectivity index (χ3v) is 7.52. The minimum absolute atomic E-state index is 0.0795. The molecule has 9 nitrogen and oxygen atoms in total. The van der Waals surface area contributed by atoms with Crippen LogP contribution in [-0.4, -0.2) is 35.3 Å². The summed E-state index contributed by atoms with van der Waals surface area (Å²) in [7, 11) is -2.17. The summed E-state index contributed by atoms with van der Waals surface area (Å²) in [6.07, 6.45) is 0. The number of aryl methyl sites for hydroxylation is 1. The van der Waals surface area contributed by atoms with E-state index in [9.17, 15) is 8.42 Å². The van der Waals surface area contributed by atoms with E-state index in [-0.39, 0.29) is 4.90 Å². The SMILES string of the molecule is COc1ccc(-c2nnc3c4ccccc4c(Nc4ccc(-c5cc(S(N)(=O)=O)ccc5C)cc4)nn23)cc1. The first-order valence-electron chi connectivity index (χ1n) is 12.1. The fourth-order valence-electron chi connectivity index (χ4n) is 4.55. The molecule has 39 heavy (non-hydrogen) atoms. The van der Waals surface area contributed by atoms with Gasteiger partial charge in [0.05, 0.1) is 12.0 Å². The highest BCUT2D eigenvalue weighted by atomic mass is 32.2. The Balaban J connectivity index is 1.40. The summed E-state index contributed by atoms with van der Waals surface area (Å²) in [5.74, 6) is 2.01. The van der Waals surface area contributed by atoms with Crippen LogP contribution in [0.5, 0.6) is 5.75 Å². The molecular formula is C29H24N6O3S. The quantitative estimate of drug-likeness (QED) is 0.295. The predicted octanol–water partition coefficient (Wildman–Crippen LogP) is 5.32. The second-order valence-corrected chi connectivity index (χ2v) is 10.7. The molecule has 0 amide bonds. The Kier molecular flexibility index (Phi) is 5.97. The number of aromatic nitrogens is 4. The lowest BCUT2D eigenvalue weighted by atomic mass is 10.0. The van der Waals surface area contributed by atoms with Crippen LogP contribution in [0, 0.1) is 6.92 Å². The van der Waals surface area contributed by atoms with Crippen LogP contribution in [0.1, 0.15) is 5.56 Å². The molecule has 0 fully saturated rings. The Morgan fingerprint density at radius 1 is 0.846 bits per heavy atom. The molecule has 0 aliphatic heterocycles. The molecule has 0 spiro atoms. The zero-order chi connectivity index (χ0) is 27.1. The minimum atomic E-state index is -3.80. The molecule has 0 aliphatic carbocycles. The van der Waals surface area contributed by atoms with Gasteiger partial charge in [-0.05, 0) is 72.1 Å². The van der Waals surface area contributed by atoms with Crippen molar-refractivity contribution in [3.8, 4) is 28.3 Å². The molecule has 0 bridgehead atoms. The van der Waals surface area contributed by atoms with Crippen molar-refractivity contribution in [2.45, 2.75) is 11.8 Å². The van der Waals surface area contributed by atoms with Gasteiger partial charge in [0.2, 0.25) is 10.0 Å². The van der Waals surface area contributed by atoms with Gasteiger partial charge in [0.1, 0.15) is 5.75 Å². The molecule has 6 aromatic rings. The number of primary sulfonamides is 1. The average molecular weight is 537 g/mol. The smallest absolute Gasteiger partial charge is 0.238 e. The largest absolute Gasteiger partial charge is 0.497 e. The molecule has 2 aromatic heterocycles. The molecular weight excluding hydrogens is 512 g/mol. The van der Waals surface area contributed by atoms with E-state index in [0.717, 1.165) is 44.5 Å². The van der Waals surface area contributed by atoms with Gasteiger partial charge in [-0.25, -0.2) is 13.6 Å². The second kappa shape index (κ2) is 9.50. The molecule has 6 rings (SSSR count). The Bertz CT molecular complexity index is 1950. The number of hydrogen-bond donors (Lipinski definition) is 2. The highest BCUT2D eigenvalue weighted by molar-refractivity contribution is 7.89. The highest BCUT2D eigenvalue weighted by Crippen LogP contribution is 2.31. The van der Waals surface area contributed by atoms with Crippen molar-refractivity contribution in [3.05, 3.63) is 96.6 Å². The van der Waals surface area contributed by atoms with Crippen molar-refractivity contribution in [1.29, 1.82) is 0 Å². The van der Waals surface area contributed by atoms with Gasteiger partial charge in [0.25, 0.3) is 0 Å². The molecule has 0 aliphatic rings. The van der Waals surface area contributed by atoms with Crippen molar-refractivity contribution >= 4 is 37.9 Å². The van der Waals surface area contributed by atoms with E-state index in [1.54, 1.807) is 23.8 Å². The number of sulfonamides is 1. The summed E-state index contributed by atoms with van der Waals surface area (Å²) >= 11 is 0. The Morgan fingerprint density at radius 2 is 1.54 bits per heavy atom. The average Bonchev–Trinajstić information content (AvgIpc) is 3.37. The summed E-state index contributed by atoms with van der Waals surface area (Å²) < 4.78 is 30.7. The predicted molar refractivity (Wildman–Crippen MR) is 152 cm³/mol. The van der Waals surface area contributed by atoms with Crippen LogP contribution in [0.25, 0.3) is 38.9 Å². The zero-order valence-corrected chi connectivity index (χ0v) is 22.0. The zero-order valence-electron chi connectivity index (χ0n) is 21.2. The van der Waals surface area contributed by atoms with E-state index in [1.165, 1.54) is 6.07 Å².